The molecule has 0 aliphatic carbocycles. The van der Waals surface area contributed by atoms with Crippen LogP contribution in [0.15, 0.2) is 51.8 Å². The minimum absolute atomic E-state index is 0.238. The Morgan fingerprint density at radius 3 is 2.28 bits per heavy atom. The van der Waals surface area contributed by atoms with E-state index in [2.05, 4.69) is 15.9 Å². The number of hydrogen-bond acceptors (Lipinski definition) is 2. The van der Waals surface area contributed by atoms with E-state index in [1.807, 2.05) is 30.5 Å². The van der Waals surface area contributed by atoms with Crippen molar-refractivity contribution < 1.29 is 4.39 Å². The lowest BCUT2D eigenvalue weighted by molar-refractivity contribution is 0.619. The first kappa shape index (κ1) is 13.6. The van der Waals surface area contributed by atoms with E-state index in [1.54, 1.807) is 23.9 Å². The molecule has 0 spiro atoms. The van der Waals surface area contributed by atoms with Crippen molar-refractivity contribution in [3.05, 3.63) is 63.9 Å². The van der Waals surface area contributed by atoms with Crippen molar-refractivity contribution in [3.63, 3.8) is 0 Å². The summed E-state index contributed by atoms with van der Waals surface area (Å²) in [4.78, 5) is 1.20. The van der Waals surface area contributed by atoms with Crippen LogP contribution in [0.2, 0.25) is 0 Å². The molecule has 0 aliphatic heterocycles. The van der Waals surface area contributed by atoms with E-state index in [0.29, 0.717) is 4.47 Å². The van der Waals surface area contributed by atoms with E-state index in [-0.39, 0.29) is 11.9 Å². The average molecular weight is 326 g/mol. The van der Waals surface area contributed by atoms with Gasteiger partial charge in [-0.15, -0.1) is 11.8 Å². The van der Waals surface area contributed by atoms with Crippen LogP contribution in [0.5, 0.6) is 0 Å². The van der Waals surface area contributed by atoms with Crippen LogP contribution >= 0.6 is 27.7 Å². The first-order chi connectivity index (χ1) is 8.61. The second kappa shape index (κ2) is 5.87. The maximum atomic E-state index is 13.2. The van der Waals surface area contributed by atoms with Crippen molar-refractivity contribution in [1.29, 1.82) is 0 Å². The summed E-state index contributed by atoms with van der Waals surface area (Å²) in [5.41, 5.74) is 8.09. The highest BCUT2D eigenvalue weighted by molar-refractivity contribution is 9.10. The molecule has 0 fully saturated rings. The Balaban J connectivity index is 2.28. The highest BCUT2D eigenvalue weighted by Crippen LogP contribution is 2.25. The van der Waals surface area contributed by atoms with E-state index < -0.39 is 0 Å². The molecule has 2 rings (SSSR count). The minimum Gasteiger partial charge on any atom is -0.320 e. The van der Waals surface area contributed by atoms with Crippen molar-refractivity contribution in [2.75, 3.05) is 6.26 Å². The van der Waals surface area contributed by atoms with Crippen molar-refractivity contribution >= 4 is 27.7 Å². The van der Waals surface area contributed by atoms with Crippen LogP contribution in [0.25, 0.3) is 0 Å². The molecule has 1 atom stereocenters. The summed E-state index contributed by atoms with van der Waals surface area (Å²) in [5, 5.41) is 0. The van der Waals surface area contributed by atoms with Gasteiger partial charge in [0.15, 0.2) is 0 Å². The second-order valence-electron chi connectivity index (χ2n) is 3.92. The summed E-state index contributed by atoms with van der Waals surface area (Å²) < 4.78 is 13.6. The second-order valence-corrected chi connectivity index (χ2v) is 5.66. The third kappa shape index (κ3) is 2.94. The van der Waals surface area contributed by atoms with Gasteiger partial charge >= 0.3 is 0 Å². The summed E-state index contributed by atoms with van der Waals surface area (Å²) in [7, 11) is 0. The van der Waals surface area contributed by atoms with Gasteiger partial charge in [-0.2, -0.15) is 0 Å². The summed E-state index contributed by atoms with van der Waals surface area (Å²) in [6.45, 7) is 0. The summed E-state index contributed by atoms with van der Waals surface area (Å²) in [5.74, 6) is -0.274. The zero-order chi connectivity index (χ0) is 13.1. The van der Waals surface area contributed by atoms with Crippen LogP contribution < -0.4 is 5.73 Å². The Morgan fingerprint density at radius 1 is 1.11 bits per heavy atom. The molecule has 2 N–H and O–H groups in total. The van der Waals surface area contributed by atoms with Crippen molar-refractivity contribution in [2.45, 2.75) is 10.9 Å². The van der Waals surface area contributed by atoms with Gasteiger partial charge < -0.3 is 5.73 Å². The van der Waals surface area contributed by atoms with Gasteiger partial charge in [0.2, 0.25) is 0 Å². The summed E-state index contributed by atoms with van der Waals surface area (Å²) in [6, 6.07) is 12.7. The topological polar surface area (TPSA) is 26.0 Å². The van der Waals surface area contributed by atoms with Gasteiger partial charge in [0.25, 0.3) is 0 Å². The predicted molar refractivity (Wildman–Crippen MR) is 78.4 cm³/mol. The zero-order valence-electron chi connectivity index (χ0n) is 9.86. The average Bonchev–Trinajstić information content (AvgIpc) is 2.41. The number of rotatable bonds is 3. The predicted octanol–water partition coefficient (Wildman–Crippen LogP) is 4.36. The molecule has 0 aromatic heterocycles. The largest absolute Gasteiger partial charge is 0.320 e. The van der Waals surface area contributed by atoms with Crippen LogP contribution in [0.3, 0.4) is 0 Å². The van der Waals surface area contributed by atoms with Gasteiger partial charge in [0.1, 0.15) is 5.82 Å². The van der Waals surface area contributed by atoms with E-state index in [4.69, 9.17) is 5.73 Å². The molecule has 94 valence electrons. The molecule has 1 nitrogen and oxygen atoms in total. The molecule has 0 radical (unpaired) electrons. The maximum Gasteiger partial charge on any atom is 0.137 e. The molecule has 0 heterocycles. The van der Waals surface area contributed by atoms with Gasteiger partial charge in [-0.1, -0.05) is 18.2 Å². The summed E-state index contributed by atoms with van der Waals surface area (Å²) >= 11 is 4.87. The highest BCUT2D eigenvalue weighted by Gasteiger charge is 2.10. The van der Waals surface area contributed by atoms with Gasteiger partial charge in [-0.3, -0.25) is 0 Å². The molecule has 0 aliphatic rings. The van der Waals surface area contributed by atoms with Gasteiger partial charge in [0.05, 0.1) is 10.5 Å². The lowest BCUT2D eigenvalue weighted by atomic mass is 10.00. The first-order valence-electron chi connectivity index (χ1n) is 5.46. The van der Waals surface area contributed by atoms with Gasteiger partial charge in [0, 0.05) is 4.90 Å². The first-order valence-corrected chi connectivity index (χ1v) is 7.48. The molecule has 2 aromatic rings. The smallest absolute Gasteiger partial charge is 0.137 e. The zero-order valence-corrected chi connectivity index (χ0v) is 12.3. The normalized spacial score (nSPS) is 12.4. The molecule has 2 aromatic carbocycles. The van der Waals surface area contributed by atoms with Crippen molar-refractivity contribution in [2.24, 2.45) is 5.73 Å². The molecule has 0 bridgehead atoms. The molecule has 0 amide bonds. The Kier molecular flexibility index (Phi) is 4.43. The van der Waals surface area contributed by atoms with Crippen molar-refractivity contribution in [3.8, 4) is 0 Å². The van der Waals surface area contributed by atoms with E-state index in [0.717, 1.165) is 11.1 Å². The fourth-order valence-corrected chi connectivity index (χ4v) is 2.51. The standard InChI is InChI=1S/C14H13BrFNS/c1-18-11-5-2-9(3-6-11)14(17)10-4-7-13(16)12(15)8-10/h2-8,14H,17H2,1H3. The molecule has 1 unspecified atom stereocenters. The lowest BCUT2D eigenvalue weighted by Crippen LogP contribution is -2.11. The van der Waals surface area contributed by atoms with Gasteiger partial charge in [-0.05, 0) is 57.6 Å². The molecule has 18 heavy (non-hydrogen) atoms. The minimum atomic E-state index is -0.274. The maximum absolute atomic E-state index is 13.2. The number of nitrogens with two attached hydrogens (primary N) is 1. The molecular weight excluding hydrogens is 313 g/mol. The number of thioether (sulfide) groups is 1. The Labute approximate surface area is 119 Å². The Bertz CT molecular complexity index is 542. The third-order valence-electron chi connectivity index (χ3n) is 2.78. The fraction of sp³-hybridized carbons (Fsp3) is 0.143. The monoisotopic (exact) mass is 325 g/mol. The van der Waals surface area contributed by atoms with Gasteiger partial charge in [-0.25, -0.2) is 4.39 Å². The van der Waals surface area contributed by atoms with Crippen LogP contribution in [-0.4, -0.2) is 6.26 Å². The highest BCUT2D eigenvalue weighted by atomic mass is 79.9. The third-order valence-corrected chi connectivity index (χ3v) is 4.13. The molecule has 4 heteroatoms. The summed E-state index contributed by atoms with van der Waals surface area (Å²) in [6.07, 6.45) is 2.03. The van der Waals surface area contributed by atoms with E-state index in [1.165, 1.54) is 11.0 Å². The Hall–Kier alpha value is -0.840. The van der Waals surface area contributed by atoms with E-state index in [9.17, 15) is 4.39 Å². The number of halogens is 2. The SMILES string of the molecule is CSc1ccc(C(N)c2ccc(F)c(Br)c2)cc1. The van der Waals surface area contributed by atoms with Crippen LogP contribution in [0.1, 0.15) is 17.2 Å². The molecular formula is C14H13BrFNS. The Morgan fingerprint density at radius 2 is 1.72 bits per heavy atom. The van der Waals surface area contributed by atoms with Crippen LogP contribution in [-0.2, 0) is 0 Å². The quantitative estimate of drug-likeness (QED) is 0.848. The van der Waals surface area contributed by atoms with Crippen molar-refractivity contribution in [1.82, 2.24) is 0 Å². The lowest BCUT2D eigenvalue weighted by Gasteiger charge is -2.13. The van der Waals surface area contributed by atoms with E-state index >= 15 is 0 Å². The number of hydrogen-bond donors (Lipinski definition) is 1. The van der Waals surface area contributed by atoms with Crippen LogP contribution in [0, 0.1) is 5.82 Å². The van der Waals surface area contributed by atoms with Crippen LogP contribution in [0.4, 0.5) is 4.39 Å². The molecule has 0 saturated carbocycles. The number of benzene rings is 2. The fourth-order valence-electron chi connectivity index (χ4n) is 1.71. The molecule has 0 saturated heterocycles.